The minimum Gasteiger partial charge on any atom is -0.352 e. The molecule has 0 atom stereocenters. The van der Waals surface area contributed by atoms with E-state index in [4.69, 9.17) is 0 Å². The summed E-state index contributed by atoms with van der Waals surface area (Å²) in [5.74, 6) is 0.666. The molecule has 23 heavy (non-hydrogen) atoms. The summed E-state index contributed by atoms with van der Waals surface area (Å²) >= 11 is 4.39. The van der Waals surface area contributed by atoms with E-state index in [9.17, 15) is 0 Å². The first-order valence-corrected chi connectivity index (χ1v) is 10.9. The molecule has 0 nitrogen and oxygen atoms in total. The molecular formula is C20H31ClPPd-. The molecule has 0 spiro atoms. The second kappa shape index (κ2) is 11.3. The topological polar surface area (TPSA) is 0 Å². The Kier molecular flexibility index (Phi) is 10.6. The maximum Gasteiger partial charge on any atom is 0 e. The smallest absolute Gasteiger partial charge is 0 e. The van der Waals surface area contributed by atoms with Gasteiger partial charge in [-0.2, -0.15) is 0 Å². The molecule has 0 saturated heterocycles. The summed E-state index contributed by atoms with van der Waals surface area (Å²) in [7, 11) is 0.101. The normalized spacial score (nSPS) is 18.9. The van der Waals surface area contributed by atoms with Crippen LogP contribution in [0.15, 0.2) is 24.3 Å². The van der Waals surface area contributed by atoms with Crippen molar-refractivity contribution in [1.29, 1.82) is 0 Å². The Bertz CT molecular complexity index is 421. The van der Waals surface area contributed by atoms with Crippen molar-refractivity contribution < 1.29 is 20.4 Å². The summed E-state index contributed by atoms with van der Waals surface area (Å²) < 4.78 is 0. The number of hydrogen-bond donors (Lipinski definition) is 0. The van der Waals surface area contributed by atoms with Crippen LogP contribution >= 0.6 is 19.5 Å². The third-order valence-electron chi connectivity index (χ3n) is 5.27. The molecule has 2 fully saturated rings. The first kappa shape index (κ1) is 21.6. The van der Waals surface area contributed by atoms with Crippen LogP contribution < -0.4 is 5.30 Å². The largest absolute Gasteiger partial charge is 0.352 e. The molecule has 0 aromatic heterocycles. The third-order valence-corrected chi connectivity index (χ3v) is 8.75. The Morgan fingerprint density at radius 2 is 1.43 bits per heavy atom. The molecule has 1 aromatic rings. The van der Waals surface area contributed by atoms with E-state index in [0.717, 1.165) is 11.3 Å². The molecule has 0 unspecified atom stereocenters. The average molecular weight is 444 g/mol. The van der Waals surface area contributed by atoms with Gasteiger partial charge in [0.15, 0.2) is 0 Å². The van der Waals surface area contributed by atoms with Gasteiger partial charge in [0.05, 0.1) is 0 Å². The van der Waals surface area contributed by atoms with Crippen molar-refractivity contribution in [2.45, 2.75) is 82.4 Å². The molecule has 0 heterocycles. The summed E-state index contributed by atoms with van der Waals surface area (Å²) in [4.78, 5) is 0. The summed E-state index contributed by atoms with van der Waals surface area (Å²) in [6.07, 6.45) is 14.7. The third kappa shape index (κ3) is 5.82. The Morgan fingerprint density at radius 1 is 0.957 bits per heavy atom. The van der Waals surface area contributed by atoms with Crippen LogP contribution in [-0.2, 0) is 20.4 Å². The van der Waals surface area contributed by atoms with E-state index in [1.165, 1.54) is 51.4 Å². The van der Waals surface area contributed by atoms with E-state index in [1.807, 2.05) is 0 Å². The van der Waals surface area contributed by atoms with Gasteiger partial charge >= 0.3 is 0 Å². The van der Waals surface area contributed by atoms with E-state index >= 15 is 0 Å². The summed E-state index contributed by atoms with van der Waals surface area (Å²) in [6.45, 7) is 4.65. The van der Waals surface area contributed by atoms with Crippen LogP contribution in [0.2, 0.25) is 0 Å². The number of benzene rings is 1. The van der Waals surface area contributed by atoms with Gasteiger partial charge in [-0.05, 0) is 53.8 Å². The fourth-order valence-electron chi connectivity index (χ4n) is 4.13. The van der Waals surface area contributed by atoms with Crippen molar-refractivity contribution in [1.82, 2.24) is 0 Å². The molecule has 2 saturated carbocycles. The van der Waals surface area contributed by atoms with Crippen molar-refractivity contribution in [3.05, 3.63) is 36.2 Å². The zero-order valence-electron chi connectivity index (χ0n) is 14.5. The van der Waals surface area contributed by atoms with Crippen molar-refractivity contribution in [3.8, 4) is 0 Å². The Hall–Kier alpha value is 0.602. The summed E-state index contributed by atoms with van der Waals surface area (Å²) in [5.41, 5.74) is 3.62. The van der Waals surface area contributed by atoms with Crippen LogP contribution in [-0.4, -0.2) is 11.3 Å². The van der Waals surface area contributed by atoms with Gasteiger partial charge in [-0.1, -0.05) is 71.7 Å². The molecule has 3 rings (SSSR count). The molecule has 0 bridgehead atoms. The number of halogens is 1. The first-order chi connectivity index (χ1) is 10.8. The van der Waals surface area contributed by atoms with Crippen molar-refractivity contribution in [2.75, 3.05) is 0 Å². The first-order valence-electron chi connectivity index (χ1n) is 8.91. The summed E-state index contributed by atoms with van der Waals surface area (Å²) in [5, 5.41) is 1.73. The zero-order valence-corrected chi connectivity index (χ0v) is 17.8. The van der Waals surface area contributed by atoms with Crippen LogP contribution in [0.4, 0.5) is 0 Å². The molecule has 1 aromatic carbocycles. The van der Waals surface area contributed by atoms with Crippen LogP contribution in [0, 0.1) is 6.38 Å². The second-order valence-electron chi connectivity index (χ2n) is 7.03. The van der Waals surface area contributed by atoms with Gasteiger partial charge in [-0.3, -0.25) is 6.38 Å². The fraction of sp³-hybridized carbons (Fsp3) is 0.650. The monoisotopic (exact) mass is 443 g/mol. The van der Waals surface area contributed by atoms with E-state index in [0.29, 0.717) is 5.92 Å². The number of rotatable bonds is 4. The van der Waals surface area contributed by atoms with E-state index in [2.05, 4.69) is 56.1 Å². The molecule has 3 heteroatoms. The van der Waals surface area contributed by atoms with E-state index in [1.54, 1.807) is 10.9 Å². The molecule has 0 amide bonds. The van der Waals surface area contributed by atoms with Crippen LogP contribution in [0.25, 0.3) is 0 Å². The van der Waals surface area contributed by atoms with Gasteiger partial charge in [-0.15, -0.1) is 0 Å². The molecule has 134 valence electrons. The van der Waals surface area contributed by atoms with E-state index in [-0.39, 0.29) is 28.3 Å². The summed E-state index contributed by atoms with van der Waals surface area (Å²) in [6, 6.07) is 9.66. The molecular weight excluding hydrogens is 413 g/mol. The van der Waals surface area contributed by atoms with Gasteiger partial charge in [0, 0.05) is 20.4 Å². The minimum atomic E-state index is 0. The quantitative estimate of drug-likeness (QED) is 0.272. The SMILES string of the molecule is CC(C)c1cccc(P(C2CCCC2)C2CCCC2)c1.[CH2-]Cl.[Pd]. The molecule has 0 aliphatic heterocycles. The Morgan fingerprint density at radius 3 is 1.87 bits per heavy atom. The van der Waals surface area contributed by atoms with Gasteiger partial charge in [-0.25, -0.2) is 0 Å². The molecule has 2 aliphatic rings. The van der Waals surface area contributed by atoms with Gasteiger partial charge in [0.25, 0.3) is 0 Å². The maximum absolute atomic E-state index is 4.39. The van der Waals surface area contributed by atoms with Crippen molar-refractivity contribution in [2.24, 2.45) is 0 Å². The van der Waals surface area contributed by atoms with Gasteiger partial charge in [0.2, 0.25) is 0 Å². The van der Waals surface area contributed by atoms with Crippen molar-refractivity contribution >= 4 is 24.8 Å². The maximum atomic E-state index is 4.39. The Balaban J connectivity index is 0.000000849. The van der Waals surface area contributed by atoms with Gasteiger partial charge in [0.1, 0.15) is 0 Å². The predicted octanol–water partition coefficient (Wildman–Crippen LogP) is 6.82. The predicted molar refractivity (Wildman–Crippen MR) is 103 cm³/mol. The Labute approximate surface area is 163 Å². The second-order valence-corrected chi connectivity index (χ2v) is 9.83. The van der Waals surface area contributed by atoms with Crippen LogP contribution in [0.3, 0.4) is 0 Å². The van der Waals surface area contributed by atoms with Crippen LogP contribution in [0.1, 0.15) is 76.7 Å². The molecule has 0 radical (unpaired) electrons. The zero-order chi connectivity index (χ0) is 15.9. The standard InChI is InChI=1S/C19H29P.CH2Cl.Pd/c1-15(2)16-8-7-13-19(14-16)20(17-9-3-4-10-17)18-11-5-6-12-18;1-2;/h7-8,13-15,17-18H,3-6,9-12H2,1-2H3;1H2;/q;-1;. The van der Waals surface area contributed by atoms with Crippen molar-refractivity contribution in [3.63, 3.8) is 0 Å². The number of hydrogen-bond acceptors (Lipinski definition) is 0. The minimum absolute atomic E-state index is 0. The van der Waals surface area contributed by atoms with E-state index < -0.39 is 0 Å². The average Bonchev–Trinajstić information content (AvgIpc) is 3.24. The fourth-order valence-corrected chi connectivity index (χ4v) is 7.97. The van der Waals surface area contributed by atoms with Crippen LogP contribution in [0.5, 0.6) is 0 Å². The molecule has 2 aliphatic carbocycles. The van der Waals surface area contributed by atoms with Gasteiger partial charge < -0.3 is 11.6 Å². The molecule has 0 N–H and O–H groups in total.